The molecular weight excluding hydrogens is 551 g/mol. The van der Waals surface area contributed by atoms with E-state index in [1.807, 2.05) is 0 Å². The first-order valence-electron chi connectivity index (χ1n) is 12.1. The Hall–Kier alpha value is -4.03. The second-order valence-electron chi connectivity index (χ2n) is 10.3. The summed E-state index contributed by atoms with van der Waals surface area (Å²) < 4.78 is 68.9. The van der Waals surface area contributed by atoms with Crippen molar-refractivity contribution in [3.05, 3.63) is 41.9 Å². The van der Waals surface area contributed by atoms with Crippen LogP contribution in [0.3, 0.4) is 0 Å². The summed E-state index contributed by atoms with van der Waals surface area (Å²) in [6.45, 7) is 3.46. The first-order valence-corrected chi connectivity index (χ1v) is 13.5. The zero-order valence-electron chi connectivity index (χ0n) is 21.7. The molecule has 1 aromatic carbocycles. The lowest BCUT2D eigenvalue weighted by Gasteiger charge is -2.47. The van der Waals surface area contributed by atoms with Crippen molar-refractivity contribution in [1.82, 2.24) is 24.2 Å². The van der Waals surface area contributed by atoms with Crippen molar-refractivity contribution in [3.8, 4) is 28.6 Å². The third-order valence-electron chi connectivity index (χ3n) is 7.50. The number of rotatable bonds is 6. The highest BCUT2D eigenvalue weighted by atomic mass is 32.2. The van der Waals surface area contributed by atoms with Crippen LogP contribution in [-0.4, -0.2) is 50.3 Å². The fourth-order valence-electron chi connectivity index (χ4n) is 5.61. The van der Waals surface area contributed by atoms with Crippen LogP contribution < -0.4 is 5.73 Å². The normalized spacial score (nSPS) is 22.1. The number of nitrogens with zero attached hydrogens (tertiary/aromatic N) is 6. The number of alkyl halides is 3. The van der Waals surface area contributed by atoms with E-state index >= 15 is 0 Å². The van der Waals surface area contributed by atoms with Crippen LogP contribution in [-0.2, 0) is 26.7 Å². The molecule has 2 N–H and O–H groups in total. The Morgan fingerprint density at radius 3 is 2.50 bits per heavy atom. The van der Waals surface area contributed by atoms with E-state index < -0.39 is 38.0 Å². The number of hydroxylamine groups is 1. The van der Waals surface area contributed by atoms with Crippen LogP contribution >= 0.6 is 0 Å². The van der Waals surface area contributed by atoms with Crippen molar-refractivity contribution < 1.29 is 31.2 Å². The quantitative estimate of drug-likeness (QED) is 0.434. The van der Waals surface area contributed by atoms with Crippen molar-refractivity contribution in [2.24, 2.45) is 12.5 Å². The van der Waals surface area contributed by atoms with E-state index in [0.717, 1.165) is 0 Å². The van der Waals surface area contributed by atoms with Gasteiger partial charge in [-0.15, -0.1) is 0 Å². The zero-order chi connectivity index (χ0) is 29.3. The molecule has 3 fully saturated rings. The number of carbonyl (C=O) groups excluding carboxylic acids is 1. The monoisotopic (exact) mass is 575 g/mol. The van der Waals surface area contributed by atoms with Crippen LogP contribution in [0.1, 0.15) is 36.9 Å². The number of fused-ring (bicyclic) bond motifs is 1. The van der Waals surface area contributed by atoms with Gasteiger partial charge in [0.05, 0.1) is 39.5 Å². The van der Waals surface area contributed by atoms with E-state index in [0.29, 0.717) is 28.1 Å². The van der Waals surface area contributed by atoms with E-state index in [4.69, 9.17) is 5.73 Å². The second kappa shape index (κ2) is 9.00. The Balaban J connectivity index is 1.58. The smallest absolute Gasteiger partial charge is 0.382 e. The summed E-state index contributed by atoms with van der Waals surface area (Å²) >= 11 is 0. The predicted molar refractivity (Wildman–Crippen MR) is 134 cm³/mol. The first kappa shape index (κ1) is 27.5. The minimum absolute atomic E-state index is 0.0448. The fourth-order valence-corrected chi connectivity index (χ4v) is 7.20. The molecule has 3 aliphatic rings. The summed E-state index contributed by atoms with van der Waals surface area (Å²) in [5.74, 6) is -2.54. The van der Waals surface area contributed by atoms with Gasteiger partial charge in [-0.3, -0.25) is 4.68 Å². The van der Waals surface area contributed by atoms with E-state index in [1.165, 1.54) is 24.4 Å². The summed E-state index contributed by atoms with van der Waals surface area (Å²) in [4.78, 5) is 24.8. The van der Waals surface area contributed by atoms with Crippen LogP contribution in [0.4, 0.5) is 19.0 Å². The maximum Gasteiger partial charge on any atom is 0.492 e. The Kier molecular flexibility index (Phi) is 6.19. The maximum absolute atomic E-state index is 13.8. The molecular formula is C25H24F3N7O4S. The molecule has 0 spiro atoms. The highest BCUT2D eigenvalue weighted by molar-refractivity contribution is 7.89. The predicted octanol–water partition coefficient (Wildman–Crippen LogP) is 3.59. The van der Waals surface area contributed by atoms with Crippen molar-refractivity contribution in [1.29, 1.82) is 5.26 Å². The van der Waals surface area contributed by atoms with E-state index in [1.54, 1.807) is 31.8 Å². The largest absolute Gasteiger partial charge is 0.492 e. The lowest BCUT2D eigenvalue weighted by atomic mass is 9.66. The Morgan fingerprint density at radius 2 is 1.93 bits per heavy atom. The molecule has 210 valence electrons. The minimum atomic E-state index is -5.43. The van der Waals surface area contributed by atoms with Crippen LogP contribution in [0.15, 0.2) is 35.5 Å². The van der Waals surface area contributed by atoms with Gasteiger partial charge in [-0.25, -0.2) is 23.2 Å². The maximum atomic E-state index is 13.8. The highest BCUT2D eigenvalue weighted by Gasteiger charge is 2.68. The van der Waals surface area contributed by atoms with Crippen LogP contribution in [0, 0.1) is 30.6 Å². The summed E-state index contributed by atoms with van der Waals surface area (Å²) in [7, 11) is -3.09. The molecule has 0 unspecified atom stereocenters. The number of nitrogens with two attached hydrogens (primary N) is 1. The number of aromatic nitrogens is 4. The molecule has 2 aromatic heterocycles. The lowest BCUT2D eigenvalue weighted by Crippen LogP contribution is -2.58. The van der Waals surface area contributed by atoms with Gasteiger partial charge in [-0.05, 0) is 61.7 Å². The number of nitrogen functional groups attached to an aromatic ring is 1. The fraction of sp³-hybridized carbons (Fsp3) is 0.400. The number of nitriles is 1. The average Bonchev–Trinajstić information content (AvgIpc) is 3.53. The second-order valence-corrected chi connectivity index (χ2v) is 12.1. The van der Waals surface area contributed by atoms with Crippen LogP contribution in [0.5, 0.6) is 0 Å². The van der Waals surface area contributed by atoms with E-state index in [2.05, 4.69) is 26.0 Å². The Morgan fingerprint density at radius 1 is 1.23 bits per heavy atom. The van der Waals surface area contributed by atoms with Crippen molar-refractivity contribution >= 4 is 21.8 Å². The average molecular weight is 576 g/mol. The highest BCUT2D eigenvalue weighted by Crippen LogP contribution is 2.64. The number of aryl methyl sites for hydroxylation is 3. The molecule has 40 heavy (non-hydrogen) atoms. The molecule has 15 heteroatoms. The van der Waals surface area contributed by atoms with Crippen molar-refractivity contribution in [2.75, 3.05) is 5.73 Å². The van der Waals surface area contributed by atoms with Crippen LogP contribution in [0.2, 0.25) is 0 Å². The Bertz CT molecular complexity index is 1690. The van der Waals surface area contributed by atoms with Gasteiger partial charge in [0.25, 0.3) is 10.0 Å². The molecule has 0 radical (unpaired) electrons. The number of halogens is 3. The van der Waals surface area contributed by atoms with Crippen molar-refractivity contribution in [2.45, 2.75) is 56.1 Å². The van der Waals surface area contributed by atoms with E-state index in [-0.39, 0.29) is 41.7 Å². The van der Waals surface area contributed by atoms with Crippen molar-refractivity contribution in [3.63, 3.8) is 0 Å². The van der Waals surface area contributed by atoms with Gasteiger partial charge in [-0.2, -0.15) is 23.5 Å². The molecule has 3 saturated carbocycles. The molecule has 3 aromatic rings. The topological polar surface area (TPSA) is 157 Å². The third kappa shape index (κ3) is 4.37. The summed E-state index contributed by atoms with van der Waals surface area (Å²) in [5, 5.41) is 13.8. The third-order valence-corrected chi connectivity index (χ3v) is 9.24. The van der Waals surface area contributed by atoms with Gasteiger partial charge >= 0.3 is 12.1 Å². The van der Waals surface area contributed by atoms with Gasteiger partial charge in [0.15, 0.2) is 0 Å². The standard InChI is InChI=1S/C25H24F3N7O4S/c1-14-4-5-16(8-17(14)19-9-31-21(30)20(32-19)18-10-34(3)33-15(18)2)40(37,38)35(39-22(36)25(26,27)28)24-7-6-23(11-24,12-24)13-29/h4-5,8-10H,6-7,11-12H2,1-3H3,(H2,30,31). The summed E-state index contributed by atoms with van der Waals surface area (Å²) in [6.07, 6.45) is -2.11. The molecule has 2 heterocycles. The molecule has 0 amide bonds. The Labute approximate surface area is 227 Å². The molecule has 0 saturated heterocycles. The van der Waals surface area contributed by atoms with Gasteiger partial charge in [0.2, 0.25) is 0 Å². The molecule has 2 bridgehead atoms. The number of benzene rings is 1. The SMILES string of the molecule is Cc1ccc(S(=O)(=O)N(OC(=O)C(F)(F)F)C23CCC(C#N)(C2)C3)cc1-c1cnc(N)c(-c2cn(C)nc2C)n1. The van der Waals surface area contributed by atoms with Gasteiger partial charge < -0.3 is 10.6 Å². The van der Waals surface area contributed by atoms with Gasteiger partial charge in [0, 0.05) is 24.4 Å². The first-order chi connectivity index (χ1) is 18.6. The molecule has 0 atom stereocenters. The summed E-state index contributed by atoms with van der Waals surface area (Å²) in [6, 6.07) is 6.02. The number of hydrogen-bond donors (Lipinski definition) is 1. The molecule has 6 rings (SSSR count). The molecule has 11 nitrogen and oxygen atoms in total. The van der Waals surface area contributed by atoms with Gasteiger partial charge in [0.1, 0.15) is 11.5 Å². The van der Waals surface area contributed by atoms with Gasteiger partial charge in [-0.1, -0.05) is 6.07 Å². The van der Waals surface area contributed by atoms with Crippen LogP contribution in [0.25, 0.3) is 22.5 Å². The number of anilines is 1. The number of carbonyl (C=O) groups is 1. The molecule has 3 aliphatic carbocycles. The summed E-state index contributed by atoms with van der Waals surface area (Å²) in [5.41, 5.74) is 6.51. The minimum Gasteiger partial charge on any atom is -0.382 e. The zero-order valence-corrected chi connectivity index (χ0v) is 22.5. The number of sulfonamides is 1. The van der Waals surface area contributed by atoms with E-state index in [9.17, 15) is 31.6 Å². The molecule has 0 aliphatic heterocycles. The lowest BCUT2D eigenvalue weighted by molar-refractivity contribution is -0.241. The number of hydrogen-bond acceptors (Lipinski definition) is 9.